The summed E-state index contributed by atoms with van der Waals surface area (Å²) in [5.41, 5.74) is 0. The molecule has 72 valence electrons. The Morgan fingerprint density at radius 1 is 1.57 bits per heavy atom. The molecular weight excluding hydrogens is 190 g/mol. The second-order valence-corrected chi connectivity index (χ2v) is 2.44. The number of hydrogen-bond acceptors (Lipinski definition) is 6. The quantitative estimate of drug-likeness (QED) is 0.463. The number of rotatable bonds is 2. The van der Waals surface area contributed by atoms with Gasteiger partial charge in [-0.3, -0.25) is 0 Å². The number of aromatic nitrogens is 6. The van der Waals surface area contributed by atoms with Crippen LogP contribution in [0.1, 0.15) is 0 Å². The van der Waals surface area contributed by atoms with E-state index in [0.717, 1.165) is 0 Å². The summed E-state index contributed by atoms with van der Waals surface area (Å²) in [6.45, 7) is 0. The molecule has 0 N–H and O–H groups in total. The zero-order valence-corrected chi connectivity index (χ0v) is 7.10. The van der Waals surface area contributed by atoms with Crippen LogP contribution in [-0.2, 0) is 7.05 Å². The van der Waals surface area contributed by atoms with Gasteiger partial charge >= 0.3 is 11.9 Å². The van der Waals surface area contributed by atoms with Gasteiger partial charge in [0.2, 0.25) is 0 Å². The predicted octanol–water partition coefficient (Wildman–Crippen LogP) is -0.696. The van der Waals surface area contributed by atoms with Crippen molar-refractivity contribution < 1.29 is 4.92 Å². The maximum absolute atomic E-state index is 10.4. The lowest BCUT2D eigenvalue weighted by Gasteiger charge is -1.89. The summed E-state index contributed by atoms with van der Waals surface area (Å²) < 4.78 is 2.55. The zero-order chi connectivity index (χ0) is 10.1. The fourth-order valence-corrected chi connectivity index (χ4v) is 0.955. The van der Waals surface area contributed by atoms with Crippen LogP contribution in [0.5, 0.6) is 0 Å². The molecule has 2 aromatic rings. The molecule has 0 aliphatic rings. The summed E-state index contributed by atoms with van der Waals surface area (Å²) in [4.78, 5) is 13.4. The van der Waals surface area contributed by atoms with Gasteiger partial charge in [-0.15, -0.1) is 5.10 Å². The lowest BCUT2D eigenvalue weighted by Crippen LogP contribution is -2.04. The highest BCUT2D eigenvalue weighted by atomic mass is 16.6. The van der Waals surface area contributed by atoms with Crippen molar-refractivity contribution in [2.75, 3.05) is 0 Å². The molecule has 0 saturated carbocycles. The molecule has 0 aliphatic carbocycles. The summed E-state index contributed by atoms with van der Waals surface area (Å²) in [7, 11) is 1.54. The van der Waals surface area contributed by atoms with Crippen molar-refractivity contribution in [2.24, 2.45) is 7.05 Å². The number of aryl methyl sites for hydroxylation is 1. The van der Waals surface area contributed by atoms with Crippen molar-refractivity contribution in [3.8, 4) is 5.95 Å². The highest BCUT2D eigenvalue weighted by molar-refractivity contribution is 5.15. The fraction of sp³-hybridized carbons (Fsp3) is 0.200. The van der Waals surface area contributed by atoms with Gasteiger partial charge in [0.15, 0.2) is 0 Å². The molecule has 2 aromatic heterocycles. The number of hydrogen-bond donors (Lipinski definition) is 0. The number of nitrogens with zero attached hydrogens (tertiary/aromatic N) is 7. The van der Waals surface area contributed by atoms with Crippen LogP contribution >= 0.6 is 0 Å². The molecule has 0 saturated heterocycles. The van der Waals surface area contributed by atoms with E-state index in [1.165, 1.54) is 28.8 Å². The first-order valence-corrected chi connectivity index (χ1v) is 3.60. The summed E-state index contributed by atoms with van der Waals surface area (Å²) >= 11 is 0. The van der Waals surface area contributed by atoms with Gasteiger partial charge in [-0.05, 0) is 9.91 Å². The van der Waals surface area contributed by atoms with Gasteiger partial charge in [0, 0.05) is 12.1 Å². The van der Waals surface area contributed by atoms with Crippen LogP contribution in [0.15, 0.2) is 12.4 Å². The van der Waals surface area contributed by atoms with Gasteiger partial charge in [0.25, 0.3) is 0 Å². The van der Waals surface area contributed by atoms with E-state index in [1.807, 2.05) is 0 Å². The first kappa shape index (κ1) is 8.29. The van der Waals surface area contributed by atoms with Crippen LogP contribution in [0.2, 0.25) is 0 Å². The molecule has 2 heterocycles. The van der Waals surface area contributed by atoms with Crippen molar-refractivity contribution in [3.63, 3.8) is 0 Å². The van der Waals surface area contributed by atoms with Gasteiger partial charge in [0.1, 0.15) is 0 Å². The minimum absolute atomic E-state index is 0.245. The van der Waals surface area contributed by atoms with Gasteiger partial charge in [-0.25, -0.2) is 0 Å². The minimum Gasteiger partial charge on any atom is -0.390 e. The molecule has 0 aliphatic heterocycles. The van der Waals surface area contributed by atoms with Crippen LogP contribution in [-0.4, -0.2) is 34.7 Å². The van der Waals surface area contributed by atoms with E-state index in [4.69, 9.17) is 0 Å². The Bertz CT molecular complexity index is 458. The zero-order valence-electron chi connectivity index (χ0n) is 7.10. The average Bonchev–Trinajstić information content (AvgIpc) is 2.71. The Balaban J connectivity index is 2.50. The third-order valence-corrected chi connectivity index (χ3v) is 1.52. The van der Waals surface area contributed by atoms with Gasteiger partial charge in [-0.1, -0.05) is 5.21 Å². The average molecular weight is 195 g/mol. The Kier molecular flexibility index (Phi) is 1.70. The van der Waals surface area contributed by atoms with E-state index in [9.17, 15) is 10.1 Å². The summed E-state index contributed by atoms with van der Waals surface area (Å²) in [5.74, 6) is -0.216. The van der Waals surface area contributed by atoms with E-state index in [0.29, 0.717) is 0 Å². The second-order valence-electron chi connectivity index (χ2n) is 2.44. The molecule has 0 amide bonds. The van der Waals surface area contributed by atoms with Crippen molar-refractivity contribution in [1.29, 1.82) is 0 Å². The van der Waals surface area contributed by atoms with Crippen LogP contribution in [0.25, 0.3) is 5.95 Å². The van der Waals surface area contributed by atoms with Gasteiger partial charge < -0.3 is 10.1 Å². The van der Waals surface area contributed by atoms with E-state index < -0.39 is 10.9 Å². The van der Waals surface area contributed by atoms with Crippen molar-refractivity contribution in [2.45, 2.75) is 0 Å². The van der Waals surface area contributed by atoms with Crippen molar-refractivity contribution in [1.82, 2.24) is 29.8 Å². The van der Waals surface area contributed by atoms with E-state index in [2.05, 4.69) is 20.4 Å². The topological polar surface area (TPSA) is 105 Å². The third kappa shape index (κ3) is 1.20. The molecule has 0 unspecified atom stereocenters. The first-order chi connectivity index (χ1) is 6.68. The minimum atomic E-state index is -0.666. The standard InChI is InChI=1S/C5H5N7O2/c1-10-5(11-3-2-6-9-11)7-4(8-10)12(13)14/h2-3H,1H3. The Labute approximate surface area is 77.1 Å². The Hall–Kier alpha value is -2.32. The molecule has 0 fully saturated rings. The second kappa shape index (κ2) is 2.87. The lowest BCUT2D eigenvalue weighted by atomic mass is 10.8. The lowest BCUT2D eigenvalue weighted by molar-refractivity contribution is -0.394. The van der Waals surface area contributed by atoms with E-state index in [-0.39, 0.29) is 5.95 Å². The molecule has 0 atom stereocenters. The largest absolute Gasteiger partial charge is 0.493 e. The molecule has 0 bridgehead atoms. The van der Waals surface area contributed by atoms with E-state index >= 15 is 0 Å². The first-order valence-electron chi connectivity index (χ1n) is 3.60. The maximum Gasteiger partial charge on any atom is 0.493 e. The Morgan fingerprint density at radius 3 is 2.86 bits per heavy atom. The summed E-state index contributed by atoms with van der Waals surface area (Å²) in [5, 5.41) is 21.1. The van der Waals surface area contributed by atoms with Crippen LogP contribution in [0.4, 0.5) is 5.95 Å². The maximum atomic E-state index is 10.4. The molecule has 0 radical (unpaired) electrons. The van der Waals surface area contributed by atoms with Gasteiger partial charge in [0.05, 0.1) is 12.4 Å². The normalized spacial score (nSPS) is 10.4. The predicted molar refractivity (Wildman–Crippen MR) is 42.6 cm³/mol. The summed E-state index contributed by atoms with van der Waals surface area (Å²) in [6.07, 6.45) is 2.97. The van der Waals surface area contributed by atoms with E-state index in [1.54, 1.807) is 0 Å². The Morgan fingerprint density at radius 2 is 2.36 bits per heavy atom. The molecule has 9 heteroatoms. The van der Waals surface area contributed by atoms with Crippen LogP contribution < -0.4 is 0 Å². The van der Waals surface area contributed by atoms with Gasteiger partial charge in [-0.2, -0.15) is 9.36 Å². The molecule has 0 aromatic carbocycles. The third-order valence-electron chi connectivity index (χ3n) is 1.52. The molecule has 9 nitrogen and oxygen atoms in total. The van der Waals surface area contributed by atoms with Crippen LogP contribution in [0.3, 0.4) is 0 Å². The van der Waals surface area contributed by atoms with Crippen molar-refractivity contribution >= 4 is 5.95 Å². The highest BCUT2D eigenvalue weighted by Crippen LogP contribution is 2.07. The molecule has 14 heavy (non-hydrogen) atoms. The molecule has 2 rings (SSSR count). The monoisotopic (exact) mass is 195 g/mol. The smallest absolute Gasteiger partial charge is 0.390 e. The highest BCUT2D eigenvalue weighted by Gasteiger charge is 2.20. The number of nitro groups is 1. The fourth-order valence-electron chi connectivity index (χ4n) is 0.955. The summed E-state index contributed by atoms with van der Waals surface area (Å²) in [6, 6.07) is 0. The SMILES string of the molecule is Cn1nc([N+](=O)[O-])nc1-n1ccnn1. The van der Waals surface area contributed by atoms with Crippen molar-refractivity contribution in [3.05, 3.63) is 22.5 Å². The molecule has 0 spiro atoms. The molecular formula is C5H5N7O2. The van der Waals surface area contributed by atoms with Crippen LogP contribution in [0, 0.1) is 10.1 Å².